The van der Waals surface area contributed by atoms with Crippen LogP contribution in [0.1, 0.15) is 17.4 Å². The molecule has 6 nitrogen and oxygen atoms in total. The summed E-state index contributed by atoms with van der Waals surface area (Å²) in [7, 11) is 0. The van der Waals surface area contributed by atoms with Gasteiger partial charge < -0.3 is 5.32 Å². The normalized spacial score (nSPS) is 11.1. The number of halogens is 2. The third kappa shape index (κ3) is 4.24. The average Bonchev–Trinajstić information content (AvgIpc) is 3.19. The zero-order valence-electron chi connectivity index (χ0n) is 17.3. The van der Waals surface area contributed by atoms with Gasteiger partial charge in [0.25, 0.3) is 5.56 Å². The van der Waals surface area contributed by atoms with Gasteiger partial charge in [-0.15, -0.1) is 11.3 Å². The van der Waals surface area contributed by atoms with Gasteiger partial charge >= 0.3 is 5.69 Å². The van der Waals surface area contributed by atoms with E-state index in [1.165, 1.54) is 15.9 Å². The van der Waals surface area contributed by atoms with Crippen LogP contribution < -0.4 is 16.6 Å². The number of aromatic nitrogens is 2. The van der Waals surface area contributed by atoms with Gasteiger partial charge in [0.1, 0.15) is 11.4 Å². The molecule has 2 heterocycles. The summed E-state index contributed by atoms with van der Waals surface area (Å²) < 4.78 is 2.38. The van der Waals surface area contributed by atoms with E-state index in [1.807, 2.05) is 13.8 Å². The lowest BCUT2D eigenvalue weighted by Crippen LogP contribution is -2.40. The van der Waals surface area contributed by atoms with Crippen LogP contribution in [0.15, 0.2) is 58.1 Å². The van der Waals surface area contributed by atoms with Crippen molar-refractivity contribution in [1.82, 2.24) is 9.13 Å². The predicted octanol–water partition coefficient (Wildman–Crippen LogP) is 5.03. The number of carbonyl (C=O) groups excluding carboxylic acids is 1. The van der Waals surface area contributed by atoms with Crippen molar-refractivity contribution >= 4 is 56.3 Å². The maximum absolute atomic E-state index is 13.4. The van der Waals surface area contributed by atoms with E-state index in [-0.39, 0.29) is 6.54 Å². The largest absolute Gasteiger partial charge is 0.337 e. The smallest absolute Gasteiger partial charge is 0.324 e. The number of carbonyl (C=O) groups is 1. The molecule has 2 aromatic carbocycles. The van der Waals surface area contributed by atoms with Crippen LogP contribution in [0.3, 0.4) is 0 Å². The van der Waals surface area contributed by atoms with Gasteiger partial charge in [0.05, 0.1) is 11.1 Å². The molecule has 0 atom stereocenters. The number of anilines is 1. The summed E-state index contributed by atoms with van der Waals surface area (Å²) >= 11 is 13.6. The summed E-state index contributed by atoms with van der Waals surface area (Å²) in [5, 5.41) is 4.08. The molecule has 0 aliphatic carbocycles. The Morgan fingerprint density at radius 3 is 2.56 bits per heavy atom. The highest BCUT2D eigenvalue weighted by molar-refractivity contribution is 7.18. The third-order valence-corrected chi connectivity index (χ3v) is 6.98. The maximum Gasteiger partial charge on any atom is 0.337 e. The number of hydrogen-bond acceptors (Lipinski definition) is 4. The van der Waals surface area contributed by atoms with E-state index < -0.39 is 17.2 Å². The Morgan fingerprint density at radius 2 is 1.88 bits per heavy atom. The van der Waals surface area contributed by atoms with E-state index in [4.69, 9.17) is 23.2 Å². The van der Waals surface area contributed by atoms with Crippen molar-refractivity contribution in [2.24, 2.45) is 0 Å². The maximum atomic E-state index is 13.4. The molecule has 0 saturated carbocycles. The van der Waals surface area contributed by atoms with Crippen molar-refractivity contribution in [3.05, 3.63) is 89.9 Å². The molecule has 1 N–H and O–H groups in total. The number of aryl methyl sites for hydroxylation is 2. The molecule has 0 fully saturated rings. The molecule has 0 radical (unpaired) electrons. The highest BCUT2D eigenvalue weighted by atomic mass is 35.5. The summed E-state index contributed by atoms with van der Waals surface area (Å²) in [4.78, 5) is 40.8. The first kappa shape index (κ1) is 22.3. The van der Waals surface area contributed by atoms with Crippen LogP contribution in [-0.4, -0.2) is 15.0 Å². The van der Waals surface area contributed by atoms with Gasteiger partial charge in [0.2, 0.25) is 5.91 Å². The fourth-order valence-electron chi connectivity index (χ4n) is 3.37. The SMILES string of the molecule is CCc1cc2c(=O)n(-c3cccc(Cl)c3)c(=O)n(CC(=O)Nc3ccc(C)c(Cl)c3)c2s1. The Labute approximate surface area is 197 Å². The molecule has 4 aromatic rings. The number of thiophene rings is 1. The number of amides is 1. The van der Waals surface area contributed by atoms with Crippen LogP contribution in [-0.2, 0) is 17.8 Å². The van der Waals surface area contributed by atoms with Gasteiger partial charge in [-0.3, -0.25) is 14.2 Å². The van der Waals surface area contributed by atoms with Crippen molar-refractivity contribution in [1.29, 1.82) is 0 Å². The zero-order valence-corrected chi connectivity index (χ0v) is 19.6. The number of nitrogens with zero attached hydrogens (tertiary/aromatic N) is 2. The van der Waals surface area contributed by atoms with Gasteiger partial charge in [0, 0.05) is 20.6 Å². The second-order valence-corrected chi connectivity index (χ2v) is 9.25. The molecule has 0 unspecified atom stereocenters. The zero-order chi connectivity index (χ0) is 23.0. The average molecular weight is 488 g/mol. The van der Waals surface area contributed by atoms with E-state index in [0.29, 0.717) is 38.1 Å². The highest BCUT2D eigenvalue weighted by Crippen LogP contribution is 2.24. The first-order chi connectivity index (χ1) is 15.3. The highest BCUT2D eigenvalue weighted by Gasteiger charge is 2.19. The number of rotatable bonds is 5. The second kappa shape index (κ2) is 8.94. The van der Waals surface area contributed by atoms with Crippen molar-refractivity contribution in [3.63, 3.8) is 0 Å². The summed E-state index contributed by atoms with van der Waals surface area (Å²) in [6.07, 6.45) is 0.707. The van der Waals surface area contributed by atoms with E-state index in [9.17, 15) is 14.4 Å². The van der Waals surface area contributed by atoms with Crippen molar-refractivity contribution in [2.75, 3.05) is 5.32 Å². The molecule has 0 aliphatic heterocycles. The Hall–Kier alpha value is -2.87. The van der Waals surface area contributed by atoms with Crippen LogP contribution in [0.5, 0.6) is 0 Å². The Balaban J connectivity index is 1.83. The Bertz CT molecular complexity index is 1470. The Morgan fingerprint density at radius 1 is 1.09 bits per heavy atom. The Kier molecular flexibility index (Phi) is 6.24. The lowest BCUT2D eigenvalue weighted by molar-refractivity contribution is -0.116. The molecule has 164 valence electrons. The van der Waals surface area contributed by atoms with Crippen molar-refractivity contribution < 1.29 is 4.79 Å². The summed E-state index contributed by atoms with van der Waals surface area (Å²) in [5.74, 6) is -0.406. The minimum Gasteiger partial charge on any atom is -0.324 e. The molecule has 32 heavy (non-hydrogen) atoms. The molecule has 0 aliphatic rings. The van der Waals surface area contributed by atoms with E-state index in [2.05, 4.69) is 5.32 Å². The van der Waals surface area contributed by atoms with Crippen LogP contribution in [0.2, 0.25) is 10.0 Å². The molecule has 0 bridgehead atoms. The monoisotopic (exact) mass is 487 g/mol. The van der Waals surface area contributed by atoms with Crippen LogP contribution >= 0.6 is 34.5 Å². The lowest BCUT2D eigenvalue weighted by atomic mass is 10.2. The standard InChI is InChI=1S/C23H19Cl2N3O3S/c1-3-17-11-18-21(30)28(16-6-4-5-14(24)9-16)23(31)27(22(18)32-17)12-20(29)26-15-8-7-13(2)19(25)10-15/h4-11H,3,12H2,1-2H3,(H,26,29). The van der Waals surface area contributed by atoms with E-state index >= 15 is 0 Å². The van der Waals surface area contributed by atoms with Crippen LogP contribution in [0.4, 0.5) is 5.69 Å². The molecule has 1 amide bonds. The van der Waals surface area contributed by atoms with Crippen molar-refractivity contribution in [2.45, 2.75) is 26.8 Å². The van der Waals surface area contributed by atoms with Gasteiger partial charge in [0.15, 0.2) is 0 Å². The predicted molar refractivity (Wildman–Crippen MR) is 131 cm³/mol. The van der Waals surface area contributed by atoms with Gasteiger partial charge in [-0.05, 0) is 55.3 Å². The minimum absolute atomic E-state index is 0.259. The molecular weight excluding hydrogens is 469 g/mol. The summed E-state index contributed by atoms with van der Waals surface area (Å²) in [6, 6.07) is 13.5. The molecule has 9 heteroatoms. The first-order valence-electron chi connectivity index (χ1n) is 9.88. The second-order valence-electron chi connectivity index (χ2n) is 7.29. The minimum atomic E-state index is -0.605. The van der Waals surface area contributed by atoms with Crippen LogP contribution in [0.25, 0.3) is 15.9 Å². The number of hydrogen-bond donors (Lipinski definition) is 1. The first-order valence-corrected chi connectivity index (χ1v) is 11.5. The number of fused-ring (bicyclic) bond motifs is 1. The molecule has 4 rings (SSSR count). The molecule has 0 saturated heterocycles. The molecule has 0 spiro atoms. The van der Waals surface area contributed by atoms with E-state index in [0.717, 1.165) is 15.0 Å². The van der Waals surface area contributed by atoms with Gasteiger partial charge in [-0.25, -0.2) is 9.36 Å². The lowest BCUT2D eigenvalue weighted by Gasteiger charge is -2.13. The van der Waals surface area contributed by atoms with Crippen LogP contribution in [0, 0.1) is 6.92 Å². The quantitative estimate of drug-likeness (QED) is 0.428. The van der Waals surface area contributed by atoms with E-state index in [1.54, 1.807) is 48.5 Å². The third-order valence-electron chi connectivity index (χ3n) is 5.04. The van der Waals surface area contributed by atoms with Gasteiger partial charge in [-0.2, -0.15) is 0 Å². The topological polar surface area (TPSA) is 73.1 Å². The molecular formula is C23H19Cl2N3O3S. The van der Waals surface area contributed by atoms with Gasteiger partial charge in [-0.1, -0.05) is 42.3 Å². The fourth-order valence-corrected chi connectivity index (χ4v) is 4.81. The summed E-state index contributed by atoms with van der Waals surface area (Å²) in [6.45, 7) is 3.58. The number of benzene rings is 2. The fraction of sp³-hybridized carbons (Fsp3) is 0.174. The molecule has 2 aromatic heterocycles. The number of nitrogens with one attached hydrogen (secondary N) is 1. The van der Waals surface area contributed by atoms with Crippen molar-refractivity contribution in [3.8, 4) is 5.69 Å². The summed E-state index contributed by atoms with van der Waals surface area (Å²) in [5.41, 5.74) is 0.718.